The largest absolute Gasteiger partial charge is 0.355 e. The highest BCUT2D eigenvalue weighted by molar-refractivity contribution is 5.85. The molecule has 1 rings (SSSR count). The van der Waals surface area contributed by atoms with E-state index < -0.39 is 0 Å². The molecule has 0 bridgehead atoms. The van der Waals surface area contributed by atoms with Crippen LogP contribution in [0.5, 0.6) is 0 Å². The van der Waals surface area contributed by atoms with Crippen LogP contribution in [0.15, 0.2) is 0 Å². The lowest BCUT2D eigenvalue weighted by atomic mass is 10.2. The fourth-order valence-corrected chi connectivity index (χ4v) is 2.39. The molecule has 0 aromatic heterocycles. The van der Waals surface area contributed by atoms with Crippen molar-refractivity contribution in [2.45, 2.75) is 52.0 Å². The van der Waals surface area contributed by atoms with Crippen molar-refractivity contribution in [3.05, 3.63) is 0 Å². The molecular weight excluding hydrogens is 278 g/mol. The van der Waals surface area contributed by atoms with Crippen molar-refractivity contribution < 1.29 is 9.59 Å². The molecule has 2 N–H and O–H groups in total. The van der Waals surface area contributed by atoms with Gasteiger partial charge in [0.05, 0.1) is 0 Å². The fourth-order valence-electron chi connectivity index (χ4n) is 2.39. The first-order valence-corrected chi connectivity index (χ1v) is 7.45. The van der Waals surface area contributed by atoms with Gasteiger partial charge in [-0.3, -0.25) is 9.59 Å². The number of nitrogens with zero attached hydrogens (tertiary/aromatic N) is 1. The Balaban J connectivity index is 0.00000361. The highest BCUT2D eigenvalue weighted by Gasteiger charge is 2.15. The molecule has 2 amide bonds. The summed E-state index contributed by atoms with van der Waals surface area (Å²) in [5.41, 5.74) is 0. The number of amides is 2. The van der Waals surface area contributed by atoms with Crippen molar-refractivity contribution in [2.24, 2.45) is 0 Å². The molecule has 0 saturated carbocycles. The number of halogens is 1. The van der Waals surface area contributed by atoms with Gasteiger partial charge in [-0.2, -0.15) is 0 Å². The maximum absolute atomic E-state index is 11.7. The molecular formula is C14H28ClN3O2. The van der Waals surface area contributed by atoms with Crippen LogP contribution in [0, 0.1) is 0 Å². The average Bonchev–Trinajstić information content (AvgIpc) is 2.91. The van der Waals surface area contributed by atoms with Crippen molar-refractivity contribution in [3.63, 3.8) is 0 Å². The molecule has 1 fully saturated rings. The van der Waals surface area contributed by atoms with Crippen LogP contribution in [0.25, 0.3) is 0 Å². The molecule has 20 heavy (non-hydrogen) atoms. The van der Waals surface area contributed by atoms with Crippen molar-refractivity contribution in [1.82, 2.24) is 15.5 Å². The van der Waals surface area contributed by atoms with E-state index in [9.17, 15) is 9.59 Å². The van der Waals surface area contributed by atoms with E-state index in [1.54, 1.807) is 4.90 Å². The molecule has 118 valence electrons. The second-order valence-corrected chi connectivity index (χ2v) is 5.02. The van der Waals surface area contributed by atoms with E-state index >= 15 is 0 Å². The van der Waals surface area contributed by atoms with E-state index in [0.717, 1.165) is 26.1 Å². The number of carbonyl (C=O) groups is 2. The number of hydrogen-bond donors (Lipinski definition) is 2. The monoisotopic (exact) mass is 305 g/mol. The third kappa shape index (κ3) is 7.10. The van der Waals surface area contributed by atoms with Crippen molar-refractivity contribution in [2.75, 3.05) is 26.2 Å². The molecule has 0 aliphatic carbocycles. The Kier molecular flexibility index (Phi) is 10.5. The first kappa shape index (κ1) is 19.2. The van der Waals surface area contributed by atoms with Gasteiger partial charge < -0.3 is 15.5 Å². The molecule has 5 nitrogen and oxygen atoms in total. The summed E-state index contributed by atoms with van der Waals surface area (Å²) in [5.74, 6) is 0.205. The van der Waals surface area contributed by atoms with Crippen LogP contribution >= 0.6 is 12.4 Å². The van der Waals surface area contributed by atoms with Crippen LogP contribution in [0.3, 0.4) is 0 Å². The second kappa shape index (κ2) is 10.9. The summed E-state index contributed by atoms with van der Waals surface area (Å²) in [7, 11) is 0. The maximum Gasteiger partial charge on any atom is 0.222 e. The molecule has 0 aromatic rings. The van der Waals surface area contributed by atoms with Gasteiger partial charge in [0, 0.05) is 38.5 Å². The number of rotatable bonds is 8. The van der Waals surface area contributed by atoms with E-state index in [2.05, 4.69) is 10.6 Å². The van der Waals surface area contributed by atoms with Crippen molar-refractivity contribution >= 4 is 24.2 Å². The summed E-state index contributed by atoms with van der Waals surface area (Å²) in [6.45, 7) is 7.21. The first-order valence-electron chi connectivity index (χ1n) is 7.45. The third-order valence-electron chi connectivity index (χ3n) is 3.62. The predicted molar refractivity (Wildman–Crippen MR) is 83.1 cm³/mol. The molecule has 1 heterocycles. The minimum atomic E-state index is 0. The minimum Gasteiger partial charge on any atom is -0.355 e. The number of hydrogen-bond acceptors (Lipinski definition) is 3. The molecule has 6 heteroatoms. The first-order chi connectivity index (χ1) is 9.17. The maximum atomic E-state index is 11.7. The van der Waals surface area contributed by atoms with E-state index in [4.69, 9.17) is 0 Å². The van der Waals surface area contributed by atoms with Gasteiger partial charge in [0.1, 0.15) is 0 Å². The topological polar surface area (TPSA) is 61.4 Å². The van der Waals surface area contributed by atoms with Crippen molar-refractivity contribution in [3.8, 4) is 0 Å². The SMILES string of the molecule is CCN(CC)C(=O)CCCC(=O)NCC1CCCN1.Cl. The van der Waals surface area contributed by atoms with Crippen LogP contribution in [-0.4, -0.2) is 48.9 Å². The quantitative estimate of drug-likeness (QED) is 0.711. The Bertz CT molecular complexity index is 290. The highest BCUT2D eigenvalue weighted by atomic mass is 35.5. The average molecular weight is 306 g/mol. The molecule has 0 aromatic carbocycles. The second-order valence-electron chi connectivity index (χ2n) is 5.02. The van der Waals surface area contributed by atoms with Gasteiger partial charge in [-0.05, 0) is 39.7 Å². The summed E-state index contributed by atoms with van der Waals surface area (Å²) >= 11 is 0. The van der Waals surface area contributed by atoms with Crippen LogP contribution < -0.4 is 10.6 Å². The van der Waals surface area contributed by atoms with Gasteiger partial charge in [-0.25, -0.2) is 0 Å². The van der Waals surface area contributed by atoms with E-state index in [-0.39, 0.29) is 24.2 Å². The Morgan fingerprint density at radius 1 is 1.25 bits per heavy atom. The Labute approximate surface area is 128 Å². The van der Waals surface area contributed by atoms with Gasteiger partial charge in [-0.15, -0.1) is 12.4 Å². The summed E-state index contributed by atoms with van der Waals surface area (Å²) in [5, 5.41) is 6.27. The van der Waals surface area contributed by atoms with E-state index in [1.165, 1.54) is 6.42 Å². The van der Waals surface area contributed by atoms with E-state index in [1.807, 2.05) is 13.8 Å². The molecule has 1 aliphatic heterocycles. The van der Waals surface area contributed by atoms with Crippen LogP contribution in [0.2, 0.25) is 0 Å². The standard InChI is InChI=1S/C14H27N3O2.ClH/c1-3-17(4-2)14(19)9-5-8-13(18)16-11-12-7-6-10-15-12;/h12,15H,3-11H2,1-2H3,(H,16,18);1H. The molecule has 1 unspecified atom stereocenters. The van der Waals surface area contributed by atoms with Gasteiger partial charge in [0.25, 0.3) is 0 Å². The van der Waals surface area contributed by atoms with Gasteiger partial charge in [0.2, 0.25) is 11.8 Å². The van der Waals surface area contributed by atoms with E-state index in [0.29, 0.717) is 31.8 Å². The highest BCUT2D eigenvalue weighted by Crippen LogP contribution is 2.04. The predicted octanol–water partition coefficient (Wildman–Crippen LogP) is 1.32. The molecule has 0 spiro atoms. The van der Waals surface area contributed by atoms with Crippen molar-refractivity contribution in [1.29, 1.82) is 0 Å². The lowest BCUT2D eigenvalue weighted by Crippen LogP contribution is -2.37. The van der Waals surface area contributed by atoms with Crippen LogP contribution in [0.4, 0.5) is 0 Å². The molecule has 0 radical (unpaired) electrons. The summed E-state index contributed by atoms with van der Waals surface area (Å²) in [6.07, 6.45) is 3.88. The van der Waals surface area contributed by atoms with Crippen LogP contribution in [-0.2, 0) is 9.59 Å². The fraction of sp³-hybridized carbons (Fsp3) is 0.857. The van der Waals surface area contributed by atoms with Crippen LogP contribution in [0.1, 0.15) is 46.0 Å². The lowest BCUT2D eigenvalue weighted by molar-refractivity contribution is -0.131. The van der Waals surface area contributed by atoms with Gasteiger partial charge in [0.15, 0.2) is 0 Å². The molecule has 1 atom stereocenters. The summed E-state index contributed by atoms with van der Waals surface area (Å²) < 4.78 is 0. The number of carbonyl (C=O) groups excluding carboxylic acids is 2. The summed E-state index contributed by atoms with van der Waals surface area (Å²) in [6, 6.07) is 0.432. The summed E-state index contributed by atoms with van der Waals surface area (Å²) in [4.78, 5) is 25.2. The zero-order valence-corrected chi connectivity index (χ0v) is 13.4. The molecule has 1 aliphatic rings. The Hall–Kier alpha value is -0.810. The Morgan fingerprint density at radius 3 is 2.50 bits per heavy atom. The zero-order chi connectivity index (χ0) is 14.1. The third-order valence-corrected chi connectivity index (χ3v) is 3.62. The smallest absolute Gasteiger partial charge is 0.222 e. The molecule has 1 saturated heterocycles. The zero-order valence-electron chi connectivity index (χ0n) is 12.6. The Morgan fingerprint density at radius 2 is 1.95 bits per heavy atom. The minimum absolute atomic E-state index is 0. The lowest BCUT2D eigenvalue weighted by Gasteiger charge is -2.18. The normalized spacial score (nSPS) is 17.4. The van der Waals surface area contributed by atoms with Gasteiger partial charge in [-0.1, -0.05) is 0 Å². The van der Waals surface area contributed by atoms with Gasteiger partial charge >= 0.3 is 0 Å². The number of nitrogens with one attached hydrogen (secondary N) is 2.